The summed E-state index contributed by atoms with van der Waals surface area (Å²) in [5.41, 5.74) is 1.80. The van der Waals surface area contributed by atoms with Gasteiger partial charge in [0.15, 0.2) is 0 Å². The van der Waals surface area contributed by atoms with Crippen LogP contribution in [-0.2, 0) is 24.1 Å². The molecule has 1 aliphatic carbocycles. The maximum atomic E-state index is 13.3. The van der Waals surface area contributed by atoms with Crippen LogP contribution in [0.3, 0.4) is 0 Å². The first-order chi connectivity index (χ1) is 14.5. The smallest absolute Gasteiger partial charge is 0.337 e. The lowest BCUT2D eigenvalue weighted by Crippen LogP contribution is -2.27. The number of methoxy groups -OCH3 is 1. The van der Waals surface area contributed by atoms with E-state index in [1.165, 1.54) is 17.6 Å². The van der Waals surface area contributed by atoms with Gasteiger partial charge in [-0.15, -0.1) is 11.3 Å². The Balaban J connectivity index is 1.48. The van der Waals surface area contributed by atoms with E-state index in [2.05, 4.69) is 13.8 Å². The van der Waals surface area contributed by atoms with Gasteiger partial charge in [-0.1, -0.05) is 13.8 Å². The average molecular weight is 427 g/mol. The molecule has 0 radical (unpaired) electrons. The van der Waals surface area contributed by atoms with Crippen LogP contribution in [-0.4, -0.2) is 29.2 Å². The van der Waals surface area contributed by atoms with Crippen molar-refractivity contribution in [1.82, 2.24) is 9.55 Å². The predicted octanol–water partition coefficient (Wildman–Crippen LogP) is 4.33. The predicted molar refractivity (Wildman–Crippen MR) is 118 cm³/mol. The lowest BCUT2D eigenvalue weighted by molar-refractivity contribution is 0.0600. The number of fused-ring (bicyclic) bond motifs is 3. The number of ether oxygens (including phenoxy) is 2. The molecule has 0 spiro atoms. The third-order valence-corrected chi connectivity index (χ3v) is 6.63. The van der Waals surface area contributed by atoms with Gasteiger partial charge in [0.1, 0.15) is 16.4 Å². The quantitative estimate of drug-likeness (QED) is 0.416. The largest absolute Gasteiger partial charge is 0.494 e. The van der Waals surface area contributed by atoms with Gasteiger partial charge in [0.05, 0.1) is 24.7 Å². The third-order valence-electron chi connectivity index (χ3n) is 5.44. The van der Waals surface area contributed by atoms with Gasteiger partial charge in [-0.05, 0) is 55.5 Å². The molecule has 30 heavy (non-hydrogen) atoms. The topological polar surface area (TPSA) is 70.4 Å². The van der Waals surface area contributed by atoms with Crippen molar-refractivity contribution in [2.75, 3.05) is 13.7 Å². The highest BCUT2D eigenvalue weighted by atomic mass is 32.1. The molecule has 6 nitrogen and oxygen atoms in total. The summed E-state index contributed by atoms with van der Waals surface area (Å²) in [6, 6.07) is 6.86. The van der Waals surface area contributed by atoms with E-state index in [9.17, 15) is 9.59 Å². The molecule has 0 saturated carbocycles. The zero-order chi connectivity index (χ0) is 21.3. The van der Waals surface area contributed by atoms with Crippen LogP contribution in [0.4, 0.5) is 0 Å². The second-order valence-corrected chi connectivity index (χ2v) is 8.92. The first-order valence-corrected chi connectivity index (χ1v) is 11.2. The van der Waals surface area contributed by atoms with E-state index in [1.54, 1.807) is 35.6 Å². The van der Waals surface area contributed by atoms with Crippen LogP contribution in [0.25, 0.3) is 10.2 Å². The minimum atomic E-state index is -0.370. The van der Waals surface area contributed by atoms with E-state index in [-0.39, 0.29) is 17.4 Å². The summed E-state index contributed by atoms with van der Waals surface area (Å²) in [5, 5.41) is 0.830. The summed E-state index contributed by atoms with van der Waals surface area (Å²) in [5.74, 6) is 1.33. The van der Waals surface area contributed by atoms with Crippen LogP contribution in [0.2, 0.25) is 0 Å². The van der Waals surface area contributed by atoms with Gasteiger partial charge in [0.25, 0.3) is 5.56 Å². The van der Waals surface area contributed by atoms with E-state index in [0.29, 0.717) is 30.9 Å². The van der Waals surface area contributed by atoms with E-state index in [4.69, 9.17) is 14.5 Å². The molecule has 158 valence electrons. The Kier molecular flexibility index (Phi) is 5.90. The molecule has 0 amide bonds. The number of nitrogens with zero attached hydrogens (tertiary/aromatic N) is 2. The summed E-state index contributed by atoms with van der Waals surface area (Å²) < 4.78 is 12.3. The van der Waals surface area contributed by atoms with Gasteiger partial charge in [0, 0.05) is 17.3 Å². The highest BCUT2D eigenvalue weighted by Crippen LogP contribution is 2.35. The van der Waals surface area contributed by atoms with Crippen molar-refractivity contribution in [2.45, 2.75) is 52.0 Å². The third kappa shape index (κ3) is 3.86. The lowest BCUT2D eigenvalue weighted by Gasteiger charge is -2.15. The van der Waals surface area contributed by atoms with Crippen molar-refractivity contribution in [2.24, 2.45) is 0 Å². The summed E-state index contributed by atoms with van der Waals surface area (Å²) in [4.78, 5) is 31.9. The fourth-order valence-electron chi connectivity index (χ4n) is 3.97. The number of aromatic nitrogens is 2. The van der Waals surface area contributed by atoms with Crippen LogP contribution < -0.4 is 10.3 Å². The molecular formula is C23H26N2O4S. The second-order valence-electron chi connectivity index (χ2n) is 7.84. The lowest BCUT2D eigenvalue weighted by atomic mass is 10.1. The number of hydrogen-bond acceptors (Lipinski definition) is 6. The average Bonchev–Trinajstić information content (AvgIpc) is 3.33. The van der Waals surface area contributed by atoms with Crippen LogP contribution in [0.15, 0.2) is 29.1 Å². The molecule has 1 aromatic carbocycles. The highest BCUT2D eigenvalue weighted by Gasteiger charge is 2.23. The number of carbonyl (C=O) groups excluding carboxylic acids is 1. The monoisotopic (exact) mass is 426 g/mol. The molecule has 0 unspecified atom stereocenters. The Morgan fingerprint density at radius 1 is 1.23 bits per heavy atom. The van der Waals surface area contributed by atoms with Crippen molar-refractivity contribution in [3.05, 3.63) is 56.4 Å². The minimum Gasteiger partial charge on any atom is -0.494 e. The summed E-state index contributed by atoms with van der Waals surface area (Å²) in [6.07, 6.45) is 3.87. The van der Waals surface area contributed by atoms with E-state index in [0.717, 1.165) is 35.3 Å². The highest BCUT2D eigenvalue weighted by molar-refractivity contribution is 7.18. The first kappa shape index (κ1) is 20.6. The summed E-state index contributed by atoms with van der Waals surface area (Å²) in [7, 11) is 1.36. The SMILES string of the molecule is COC(=O)c1ccc(OCCCn2c(C(C)C)nc3sc4c(c3c2=O)CCC4)cc1. The van der Waals surface area contributed by atoms with E-state index in [1.807, 2.05) is 4.57 Å². The number of rotatable bonds is 7. The molecule has 0 fully saturated rings. The first-order valence-electron chi connectivity index (χ1n) is 10.4. The Morgan fingerprint density at radius 3 is 2.70 bits per heavy atom. The van der Waals surface area contributed by atoms with Gasteiger partial charge in [-0.3, -0.25) is 9.36 Å². The van der Waals surface area contributed by atoms with Crippen LogP contribution in [0, 0.1) is 0 Å². The standard InChI is InChI=1S/C23H26N2O4S/c1-14(2)20-24-21-19(17-6-4-7-18(17)30-21)22(26)25(20)12-5-13-29-16-10-8-15(9-11-16)23(27)28-3/h8-11,14H,4-7,12-13H2,1-3H3. The normalized spacial score (nSPS) is 13.1. The van der Waals surface area contributed by atoms with Gasteiger partial charge in [-0.25, -0.2) is 9.78 Å². The van der Waals surface area contributed by atoms with Crippen molar-refractivity contribution < 1.29 is 14.3 Å². The maximum absolute atomic E-state index is 13.3. The molecule has 2 aromatic heterocycles. The minimum absolute atomic E-state index is 0.0885. The van der Waals surface area contributed by atoms with E-state index >= 15 is 0 Å². The summed E-state index contributed by atoms with van der Waals surface area (Å²) >= 11 is 1.69. The van der Waals surface area contributed by atoms with Gasteiger partial charge in [-0.2, -0.15) is 0 Å². The zero-order valence-corrected chi connectivity index (χ0v) is 18.4. The Bertz CT molecular complexity index is 1130. The molecule has 4 rings (SSSR count). The molecule has 7 heteroatoms. The van der Waals surface area contributed by atoms with Crippen LogP contribution in [0.5, 0.6) is 5.75 Å². The number of aryl methyl sites for hydroxylation is 2. The van der Waals surface area contributed by atoms with Crippen LogP contribution >= 0.6 is 11.3 Å². The Morgan fingerprint density at radius 2 is 2.00 bits per heavy atom. The molecule has 0 N–H and O–H groups in total. The number of esters is 1. The van der Waals surface area contributed by atoms with Crippen molar-refractivity contribution in [3.8, 4) is 5.75 Å². The van der Waals surface area contributed by atoms with E-state index < -0.39 is 0 Å². The fourth-order valence-corrected chi connectivity index (χ4v) is 5.23. The molecule has 0 bridgehead atoms. The van der Waals surface area contributed by atoms with Gasteiger partial charge in [0.2, 0.25) is 0 Å². The van der Waals surface area contributed by atoms with Crippen molar-refractivity contribution in [3.63, 3.8) is 0 Å². The maximum Gasteiger partial charge on any atom is 0.337 e. The van der Waals surface area contributed by atoms with Crippen molar-refractivity contribution >= 4 is 27.5 Å². The molecule has 0 atom stereocenters. The van der Waals surface area contributed by atoms with Crippen molar-refractivity contribution in [1.29, 1.82) is 0 Å². The summed E-state index contributed by atoms with van der Waals surface area (Å²) in [6.45, 7) is 5.19. The number of benzene rings is 1. The molecular weight excluding hydrogens is 400 g/mol. The zero-order valence-electron chi connectivity index (χ0n) is 17.6. The van der Waals surface area contributed by atoms with Gasteiger partial charge < -0.3 is 9.47 Å². The second kappa shape index (κ2) is 8.60. The Labute approximate surface area is 179 Å². The fraction of sp³-hybridized carbons (Fsp3) is 0.435. The molecule has 0 saturated heterocycles. The van der Waals surface area contributed by atoms with Gasteiger partial charge >= 0.3 is 5.97 Å². The number of hydrogen-bond donors (Lipinski definition) is 0. The van der Waals surface area contributed by atoms with Crippen LogP contribution in [0.1, 0.15) is 59.2 Å². The Hall–Kier alpha value is -2.67. The molecule has 1 aliphatic rings. The number of carbonyl (C=O) groups is 1. The molecule has 3 aromatic rings. The molecule has 0 aliphatic heterocycles. The molecule has 2 heterocycles. The number of thiophene rings is 1.